The van der Waals surface area contributed by atoms with E-state index in [-0.39, 0.29) is 11.8 Å². The Morgan fingerprint density at radius 1 is 1.24 bits per heavy atom. The Hall–Kier alpha value is -2.64. The molecular formula is C21H28N4O4. The number of carbonyl (C=O) groups is 2. The maximum absolute atomic E-state index is 12.8. The summed E-state index contributed by atoms with van der Waals surface area (Å²) in [5.41, 5.74) is 0.800. The minimum atomic E-state index is -0.209. The molecule has 0 unspecified atom stereocenters. The highest BCUT2D eigenvalue weighted by atomic mass is 16.5. The second kappa shape index (κ2) is 8.39. The molecule has 1 saturated heterocycles. The van der Waals surface area contributed by atoms with Crippen molar-refractivity contribution in [1.82, 2.24) is 20.4 Å². The van der Waals surface area contributed by atoms with Crippen molar-refractivity contribution in [2.75, 3.05) is 19.6 Å². The molecule has 8 heteroatoms. The number of hydrogen-bond acceptors (Lipinski definition) is 6. The molecule has 1 N–H and O–H groups in total. The zero-order valence-electron chi connectivity index (χ0n) is 17.0. The van der Waals surface area contributed by atoms with Crippen LogP contribution >= 0.6 is 0 Å². The van der Waals surface area contributed by atoms with Crippen LogP contribution in [0.4, 0.5) is 0 Å². The third-order valence-electron chi connectivity index (χ3n) is 5.60. The second-order valence-electron chi connectivity index (χ2n) is 8.56. The normalized spacial score (nSPS) is 17.7. The van der Waals surface area contributed by atoms with Gasteiger partial charge in [0, 0.05) is 38.0 Å². The molecule has 2 amide bonds. The Kier molecular flexibility index (Phi) is 5.69. The van der Waals surface area contributed by atoms with Gasteiger partial charge < -0.3 is 19.2 Å². The number of carbonyl (C=O) groups excluding carboxylic acids is 2. The van der Waals surface area contributed by atoms with Crippen LogP contribution in [0, 0.1) is 11.8 Å². The van der Waals surface area contributed by atoms with Gasteiger partial charge in [0.15, 0.2) is 17.8 Å². The van der Waals surface area contributed by atoms with Gasteiger partial charge in [-0.2, -0.15) is 0 Å². The maximum atomic E-state index is 12.8. The van der Waals surface area contributed by atoms with Crippen LogP contribution in [-0.2, 0) is 6.42 Å². The summed E-state index contributed by atoms with van der Waals surface area (Å²) >= 11 is 0. The van der Waals surface area contributed by atoms with Crippen molar-refractivity contribution in [2.24, 2.45) is 11.8 Å². The van der Waals surface area contributed by atoms with Gasteiger partial charge in [-0.15, -0.1) is 0 Å². The van der Waals surface area contributed by atoms with Crippen LogP contribution in [0.1, 0.15) is 77.9 Å². The van der Waals surface area contributed by atoms with Gasteiger partial charge in [-0.3, -0.25) is 9.59 Å². The molecule has 1 aliphatic heterocycles. The summed E-state index contributed by atoms with van der Waals surface area (Å²) in [4.78, 5) is 31.1. The second-order valence-corrected chi connectivity index (χ2v) is 8.56. The number of rotatable bonds is 7. The van der Waals surface area contributed by atoms with Crippen LogP contribution in [0.15, 0.2) is 21.4 Å². The maximum Gasteiger partial charge on any atom is 0.276 e. The monoisotopic (exact) mass is 400 g/mol. The topological polar surface area (TPSA) is 101 Å². The molecule has 156 valence electrons. The third-order valence-corrected chi connectivity index (χ3v) is 5.60. The molecule has 2 aromatic heterocycles. The summed E-state index contributed by atoms with van der Waals surface area (Å²) in [7, 11) is 0. The Labute approximate surface area is 170 Å². The van der Waals surface area contributed by atoms with Crippen LogP contribution in [0.5, 0.6) is 0 Å². The average molecular weight is 400 g/mol. The molecule has 2 aromatic rings. The van der Waals surface area contributed by atoms with Crippen LogP contribution in [0.3, 0.4) is 0 Å². The first-order chi connectivity index (χ1) is 14.0. The molecule has 0 atom stereocenters. The van der Waals surface area contributed by atoms with Gasteiger partial charge >= 0.3 is 0 Å². The highest BCUT2D eigenvalue weighted by Crippen LogP contribution is 2.41. The first-order valence-corrected chi connectivity index (χ1v) is 10.5. The summed E-state index contributed by atoms with van der Waals surface area (Å²) < 4.78 is 10.7. The number of piperidine rings is 1. The van der Waals surface area contributed by atoms with Crippen molar-refractivity contribution in [2.45, 2.75) is 51.9 Å². The molecule has 1 saturated carbocycles. The first kappa shape index (κ1) is 19.7. The van der Waals surface area contributed by atoms with Crippen molar-refractivity contribution in [1.29, 1.82) is 0 Å². The van der Waals surface area contributed by atoms with E-state index in [9.17, 15) is 9.59 Å². The lowest BCUT2D eigenvalue weighted by molar-refractivity contribution is 0.0676. The van der Waals surface area contributed by atoms with Gasteiger partial charge in [0.2, 0.25) is 0 Å². The molecule has 0 spiro atoms. The molecule has 2 fully saturated rings. The van der Waals surface area contributed by atoms with Crippen molar-refractivity contribution >= 4 is 11.8 Å². The third kappa shape index (κ3) is 4.68. The summed E-state index contributed by atoms with van der Waals surface area (Å²) in [6.07, 6.45) is 5.98. The van der Waals surface area contributed by atoms with E-state index in [1.807, 2.05) is 4.90 Å². The zero-order chi connectivity index (χ0) is 20.4. The van der Waals surface area contributed by atoms with Crippen LogP contribution in [0.2, 0.25) is 0 Å². The Morgan fingerprint density at radius 2 is 2.00 bits per heavy atom. The van der Waals surface area contributed by atoms with Crippen molar-refractivity contribution in [3.05, 3.63) is 35.4 Å². The minimum absolute atomic E-state index is 0.0385. The predicted molar refractivity (Wildman–Crippen MR) is 104 cm³/mol. The molecule has 0 radical (unpaired) electrons. The fraction of sp³-hybridized carbons (Fsp3) is 0.619. The standard InChI is InChI=1S/C21H28N4O4/c1-13(2)9-16-10-17(24-29-16)20(26)22-11-14-5-7-25(8-6-14)21(27)18-19(15-3-4-15)28-12-23-18/h10,12-15H,3-9,11H2,1-2H3,(H,22,26). The molecule has 8 nitrogen and oxygen atoms in total. The smallest absolute Gasteiger partial charge is 0.276 e. The van der Waals surface area contributed by atoms with Crippen molar-refractivity contribution in [3.63, 3.8) is 0 Å². The fourth-order valence-electron chi connectivity index (χ4n) is 3.79. The van der Waals surface area contributed by atoms with Gasteiger partial charge in [-0.1, -0.05) is 19.0 Å². The van der Waals surface area contributed by atoms with E-state index in [1.54, 1.807) is 6.07 Å². The Bertz CT molecular complexity index is 860. The molecule has 29 heavy (non-hydrogen) atoms. The molecule has 3 heterocycles. The lowest BCUT2D eigenvalue weighted by Gasteiger charge is -2.31. The molecule has 1 aliphatic carbocycles. The van der Waals surface area contributed by atoms with Crippen LogP contribution < -0.4 is 5.32 Å². The molecule has 0 aromatic carbocycles. The highest BCUT2D eigenvalue weighted by Gasteiger charge is 2.34. The van der Waals surface area contributed by atoms with Crippen molar-refractivity contribution in [3.8, 4) is 0 Å². The molecule has 2 aliphatic rings. The largest absolute Gasteiger partial charge is 0.447 e. The van der Waals surface area contributed by atoms with Gasteiger partial charge in [-0.25, -0.2) is 4.98 Å². The van der Waals surface area contributed by atoms with E-state index in [0.29, 0.717) is 48.8 Å². The van der Waals surface area contributed by atoms with E-state index in [2.05, 4.69) is 29.3 Å². The summed E-state index contributed by atoms with van der Waals surface area (Å²) in [5, 5.41) is 6.82. The summed E-state index contributed by atoms with van der Waals surface area (Å²) in [5.74, 6) is 2.38. The lowest BCUT2D eigenvalue weighted by Crippen LogP contribution is -2.42. The Morgan fingerprint density at radius 3 is 2.69 bits per heavy atom. The first-order valence-electron chi connectivity index (χ1n) is 10.5. The molecular weight excluding hydrogens is 372 g/mol. The molecule has 0 bridgehead atoms. The van der Waals surface area contributed by atoms with Gasteiger partial charge in [0.25, 0.3) is 11.8 Å². The van der Waals surface area contributed by atoms with Gasteiger partial charge in [-0.05, 0) is 37.5 Å². The number of likely N-dealkylation sites (tertiary alicyclic amines) is 1. The van der Waals surface area contributed by atoms with E-state index >= 15 is 0 Å². The Balaban J connectivity index is 1.23. The van der Waals surface area contributed by atoms with Gasteiger partial charge in [0.1, 0.15) is 11.5 Å². The van der Waals surface area contributed by atoms with Crippen LogP contribution in [-0.4, -0.2) is 46.5 Å². The number of amides is 2. The van der Waals surface area contributed by atoms with E-state index < -0.39 is 0 Å². The van der Waals surface area contributed by atoms with Gasteiger partial charge in [0.05, 0.1) is 0 Å². The predicted octanol–water partition coefficient (Wildman–Crippen LogP) is 3.02. The van der Waals surface area contributed by atoms with Crippen molar-refractivity contribution < 1.29 is 18.5 Å². The van der Waals surface area contributed by atoms with E-state index in [1.165, 1.54) is 6.39 Å². The summed E-state index contributed by atoms with van der Waals surface area (Å²) in [6.45, 7) is 6.09. The fourth-order valence-corrected chi connectivity index (χ4v) is 3.79. The number of nitrogens with one attached hydrogen (secondary N) is 1. The minimum Gasteiger partial charge on any atom is -0.447 e. The number of aromatic nitrogens is 2. The lowest BCUT2D eigenvalue weighted by atomic mass is 9.96. The van der Waals surface area contributed by atoms with E-state index in [0.717, 1.165) is 43.6 Å². The molecule has 4 rings (SSSR count). The quantitative estimate of drug-likeness (QED) is 0.767. The number of nitrogens with zero attached hydrogens (tertiary/aromatic N) is 3. The SMILES string of the molecule is CC(C)Cc1cc(C(=O)NCC2CCN(C(=O)c3ncoc3C3CC3)CC2)no1. The average Bonchev–Trinajstić information content (AvgIpc) is 3.24. The highest BCUT2D eigenvalue weighted by molar-refractivity contribution is 5.93. The zero-order valence-corrected chi connectivity index (χ0v) is 17.0. The van der Waals surface area contributed by atoms with Crippen LogP contribution in [0.25, 0.3) is 0 Å². The number of oxazole rings is 1. The number of hydrogen-bond donors (Lipinski definition) is 1. The summed E-state index contributed by atoms with van der Waals surface area (Å²) in [6, 6.07) is 1.71. The van der Waals surface area contributed by atoms with E-state index in [4.69, 9.17) is 8.94 Å².